The predicted molar refractivity (Wildman–Crippen MR) is 114 cm³/mol. The number of rotatable bonds is 19. The first-order valence-electron chi connectivity index (χ1n) is 11.5. The Labute approximate surface area is 163 Å². The van der Waals surface area contributed by atoms with Crippen molar-refractivity contribution in [2.24, 2.45) is 11.7 Å². The van der Waals surface area contributed by atoms with Crippen molar-refractivity contribution in [2.45, 2.75) is 135 Å². The summed E-state index contributed by atoms with van der Waals surface area (Å²) in [5.74, 6) is -0.871. The molecule has 3 heteroatoms. The quantitative estimate of drug-likeness (QED) is 0.239. The second kappa shape index (κ2) is 16.6. The van der Waals surface area contributed by atoms with Crippen LogP contribution < -0.4 is 5.73 Å². The minimum atomic E-state index is -1.05. The van der Waals surface area contributed by atoms with Crippen LogP contribution in [-0.4, -0.2) is 16.6 Å². The number of aliphatic carboxylic acids is 1. The molecule has 0 aliphatic rings. The minimum absolute atomic E-state index is 0.0173. The molecule has 0 fully saturated rings. The summed E-state index contributed by atoms with van der Waals surface area (Å²) in [5.41, 5.74) is 5.00. The van der Waals surface area contributed by atoms with E-state index in [0.29, 0.717) is 6.42 Å². The highest BCUT2D eigenvalue weighted by atomic mass is 16.4. The molecule has 1 unspecified atom stereocenters. The van der Waals surface area contributed by atoms with E-state index in [1.165, 1.54) is 89.9 Å². The van der Waals surface area contributed by atoms with E-state index in [2.05, 4.69) is 6.92 Å². The third-order valence-corrected chi connectivity index (χ3v) is 5.87. The Morgan fingerprint density at radius 2 is 1.04 bits per heavy atom. The molecule has 0 aliphatic carbocycles. The van der Waals surface area contributed by atoms with Crippen LogP contribution in [0.5, 0.6) is 0 Å². The van der Waals surface area contributed by atoms with Gasteiger partial charge in [0, 0.05) is 0 Å². The maximum Gasteiger partial charge on any atom is 0.323 e. The van der Waals surface area contributed by atoms with Gasteiger partial charge in [0.05, 0.1) is 0 Å². The molecule has 0 aliphatic heterocycles. The first kappa shape index (κ1) is 25.4. The normalized spacial score (nSPS) is 13.9. The van der Waals surface area contributed by atoms with Gasteiger partial charge in [0.2, 0.25) is 0 Å². The third kappa shape index (κ3) is 12.7. The molecule has 26 heavy (non-hydrogen) atoms. The Balaban J connectivity index is 3.33. The highest BCUT2D eigenvalue weighted by Crippen LogP contribution is 2.22. The van der Waals surface area contributed by atoms with Gasteiger partial charge in [-0.1, -0.05) is 124 Å². The van der Waals surface area contributed by atoms with E-state index < -0.39 is 11.5 Å². The number of carbonyl (C=O) groups is 1. The zero-order chi connectivity index (χ0) is 19.7. The fraction of sp³-hybridized carbons (Fsp3) is 0.957. The summed E-state index contributed by atoms with van der Waals surface area (Å²) in [4.78, 5) is 11.3. The van der Waals surface area contributed by atoms with E-state index in [4.69, 9.17) is 5.73 Å². The summed E-state index contributed by atoms with van der Waals surface area (Å²) >= 11 is 0. The SMILES string of the molecule is CCCCCCCCCCCCCCCCCCC(N)(C(=O)O)C(C)C. The van der Waals surface area contributed by atoms with Crippen molar-refractivity contribution in [3.8, 4) is 0 Å². The summed E-state index contributed by atoms with van der Waals surface area (Å²) in [6.07, 6.45) is 21.9. The number of carboxylic acids is 1. The van der Waals surface area contributed by atoms with Crippen LogP contribution >= 0.6 is 0 Å². The van der Waals surface area contributed by atoms with Gasteiger partial charge in [-0.25, -0.2) is 0 Å². The second-order valence-electron chi connectivity index (χ2n) is 8.55. The largest absolute Gasteiger partial charge is 0.480 e. The smallest absolute Gasteiger partial charge is 0.323 e. The Kier molecular flexibility index (Phi) is 16.2. The van der Waals surface area contributed by atoms with Crippen LogP contribution in [-0.2, 0) is 4.79 Å². The molecule has 0 aromatic carbocycles. The Morgan fingerprint density at radius 3 is 1.31 bits per heavy atom. The maximum atomic E-state index is 11.3. The molecule has 0 saturated heterocycles. The zero-order valence-corrected chi connectivity index (χ0v) is 18.0. The summed E-state index contributed by atoms with van der Waals surface area (Å²) in [5, 5.41) is 9.30. The zero-order valence-electron chi connectivity index (χ0n) is 18.0. The van der Waals surface area contributed by atoms with Crippen molar-refractivity contribution < 1.29 is 9.90 Å². The first-order chi connectivity index (χ1) is 12.4. The molecule has 1 atom stereocenters. The fourth-order valence-corrected chi connectivity index (χ4v) is 3.61. The van der Waals surface area contributed by atoms with Crippen molar-refractivity contribution >= 4 is 5.97 Å². The molecule has 0 aromatic heterocycles. The molecule has 0 heterocycles. The van der Waals surface area contributed by atoms with Crippen LogP contribution in [0.3, 0.4) is 0 Å². The Bertz CT molecular complexity index is 330. The van der Waals surface area contributed by atoms with E-state index in [0.717, 1.165) is 12.8 Å². The predicted octanol–water partition coefficient (Wildman–Crippen LogP) is 7.08. The molecule has 0 bridgehead atoms. The van der Waals surface area contributed by atoms with Crippen LogP contribution in [0, 0.1) is 5.92 Å². The molecule has 0 saturated carbocycles. The average Bonchev–Trinajstić information content (AvgIpc) is 2.60. The summed E-state index contributed by atoms with van der Waals surface area (Å²) in [6.45, 7) is 6.08. The van der Waals surface area contributed by atoms with Crippen molar-refractivity contribution in [3.05, 3.63) is 0 Å². The van der Waals surface area contributed by atoms with E-state index in [-0.39, 0.29) is 5.92 Å². The lowest BCUT2D eigenvalue weighted by Gasteiger charge is -2.28. The van der Waals surface area contributed by atoms with Gasteiger partial charge in [-0.15, -0.1) is 0 Å². The summed E-state index contributed by atoms with van der Waals surface area (Å²) < 4.78 is 0. The lowest BCUT2D eigenvalue weighted by molar-refractivity contribution is -0.145. The maximum absolute atomic E-state index is 11.3. The van der Waals surface area contributed by atoms with Crippen molar-refractivity contribution in [1.82, 2.24) is 0 Å². The van der Waals surface area contributed by atoms with E-state index in [1.807, 2.05) is 13.8 Å². The monoisotopic (exact) mass is 369 g/mol. The molecular weight excluding hydrogens is 322 g/mol. The van der Waals surface area contributed by atoms with Crippen LogP contribution in [0.25, 0.3) is 0 Å². The fourth-order valence-electron chi connectivity index (χ4n) is 3.61. The van der Waals surface area contributed by atoms with E-state index in [1.54, 1.807) is 0 Å². The van der Waals surface area contributed by atoms with E-state index in [9.17, 15) is 9.90 Å². The van der Waals surface area contributed by atoms with Gasteiger partial charge in [0.15, 0.2) is 0 Å². The van der Waals surface area contributed by atoms with Crippen LogP contribution in [0.4, 0.5) is 0 Å². The van der Waals surface area contributed by atoms with Gasteiger partial charge in [-0.2, -0.15) is 0 Å². The highest BCUT2D eigenvalue weighted by molar-refractivity contribution is 5.78. The molecule has 0 rings (SSSR count). The van der Waals surface area contributed by atoms with Crippen molar-refractivity contribution in [1.29, 1.82) is 0 Å². The van der Waals surface area contributed by atoms with Crippen LogP contribution in [0.1, 0.15) is 130 Å². The minimum Gasteiger partial charge on any atom is -0.480 e. The molecule has 0 aromatic rings. The van der Waals surface area contributed by atoms with Gasteiger partial charge in [-0.05, 0) is 12.3 Å². The van der Waals surface area contributed by atoms with Gasteiger partial charge in [-0.3, -0.25) is 4.79 Å². The summed E-state index contributed by atoms with van der Waals surface area (Å²) in [6, 6.07) is 0. The van der Waals surface area contributed by atoms with Crippen LogP contribution in [0.2, 0.25) is 0 Å². The number of hydrogen-bond donors (Lipinski definition) is 2. The number of unbranched alkanes of at least 4 members (excludes halogenated alkanes) is 15. The summed E-state index contributed by atoms with van der Waals surface area (Å²) in [7, 11) is 0. The Hall–Kier alpha value is -0.570. The van der Waals surface area contributed by atoms with Gasteiger partial charge < -0.3 is 10.8 Å². The lowest BCUT2D eigenvalue weighted by atomic mass is 9.82. The second-order valence-corrected chi connectivity index (χ2v) is 8.55. The van der Waals surface area contributed by atoms with Crippen LogP contribution in [0.15, 0.2) is 0 Å². The molecular formula is C23H47NO2. The standard InChI is InChI=1S/C23H47NO2/c1-4-5-6-7-8-9-10-11-12-13-14-15-16-17-18-19-20-23(24,21(2)3)22(25)26/h21H,4-20,24H2,1-3H3,(H,25,26). The van der Waals surface area contributed by atoms with Gasteiger partial charge in [0.1, 0.15) is 5.54 Å². The number of nitrogens with two attached hydrogens (primary N) is 1. The Morgan fingerprint density at radius 1 is 0.731 bits per heavy atom. The van der Waals surface area contributed by atoms with Crippen molar-refractivity contribution in [3.63, 3.8) is 0 Å². The molecule has 3 N–H and O–H groups in total. The molecule has 156 valence electrons. The topological polar surface area (TPSA) is 63.3 Å². The average molecular weight is 370 g/mol. The molecule has 3 nitrogen and oxygen atoms in total. The van der Waals surface area contributed by atoms with Gasteiger partial charge >= 0.3 is 5.97 Å². The van der Waals surface area contributed by atoms with Gasteiger partial charge in [0.25, 0.3) is 0 Å². The lowest BCUT2D eigenvalue weighted by Crippen LogP contribution is -2.52. The molecule has 0 radical (unpaired) electrons. The molecule has 0 spiro atoms. The molecule has 0 amide bonds. The van der Waals surface area contributed by atoms with E-state index >= 15 is 0 Å². The number of carboxylic acid groups (broad SMARTS) is 1. The third-order valence-electron chi connectivity index (χ3n) is 5.87. The first-order valence-corrected chi connectivity index (χ1v) is 11.5. The van der Waals surface area contributed by atoms with Crippen molar-refractivity contribution in [2.75, 3.05) is 0 Å². The number of hydrogen-bond acceptors (Lipinski definition) is 2. The highest BCUT2D eigenvalue weighted by Gasteiger charge is 2.36.